The van der Waals surface area contributed by atoms with Crippen LogP contribution in [0.1, 0.15) is 20.3 Å². The van der Waals surface area contributed by atoms with Crippen molar-refractivity contribution in [1.29, 1.82) is 0 Å². The molecule has 0 aliphatic rings. The van der Waals surface area contributed by atoms with Crippen LogP contribution in [0.3, 0.4) is 0 Å². The number of aliphatic hydroxyl groups is 1. The molecule has 0 bridgehead atoms. The zero-order chi connectivity index (χ0) is 9.23. The van der Waals surface area contributed by atoms with Crippen molar-refractivity contribution in [3.8, 4) is 0 Å². The lowest BCUT2D eigenvalue weighted by Gasteiger charge is -2.05. The number of aliphatic hydroxyl groups excluding tert-OH is 1. The first-order valence-corrected chi connectivity index (χ1v) is 5.69. The smallest absolute Gasteiger partial charge is 0.0556 e. The van der Waals surface area contributed by atoms with Gasteiger partial charge in [-0.3, -0.25) is 0 Å². The molecule has 12 heavy (non-hydrogen) atoms. The first kappa shape index (κ1) is 12.3. The molecule has 0 amide bonds. The molecule has 0 fully saturated rings. The molecule has 0 saturated carbocycles. The summed E-state index contributed by atoms with van der Waals surface area (Å²) in [6.07, 6.45) is 1.14. The second-order valence-electron chi connectivity index (χ2n) is 3.13. The van der Waals surface area contributed by atoms with E-state index in [0.717, 1.165) is 37.1 Å². The predicted octanol–water partition coefficient (Wildman–Crippen LogP) is 1.77. The van der Waals surface area contributed by atoms with Crippen molar-refractivity contribution < 1.29 is 9.84 Å². The first-order valence-electron chi connectivity index (χ1n) is 4.53. The summed E-state index contributed by atoms with van der Waals surface area (Å²) in [6, 6.07) is 0. The van der Waals surface area contributed by atoms with E-state index in [-0.39, 0.29) is 6.61 Å². The van der Waals surface area contributed by atoms with Gasteiger partial charge in [0.2, 0.25) is 0 Å². The van der Waals surface area contributed by atoms with E-state index in [1.165, 1.54) is 0 Å². The molecule has 74 valence electrons. The lowest BCUT2D eigenvalue weighted by Crippen LogP contribution is -2.03. The van der Waals surface area contributed by atoms with E-state index in [1.54, 1.807) is 11.8 Å². The highest BCUT2D eigenvalue weighted by Crippen LogP contribution is 2.01. The van der Waals surface area contributed by atoms with Crippen LogP contribution in [0.2, 0.25) is 0 Å². The third-order valence-corrected chi connectivity index (χ3v) is 2.37. The molecule has 0 atom stereocenters. The van der Waals surface area contributed by atoms with Gasteiger partial charge >= 0.3 is 0 Å². The molecule has 0 aromatic heterocycles. The molecule has 0 heterocycles. The highest BCUT2D eigenvalue weighted by atomic mass is 32.2. The minimum Gasteiger partial charge on any atom is -0.396 e. The van der Waals surface area contributed by atoms with Gasteiger partial charge in [0.15, 0.2) is 0 Å². The highest BCUT2D eigenvalue weighted by molar-refractivity contribution is 7.99. The Bertz CT molecular complexity index is 86.6. The summed E-state index contributed by atoms with van der Waals surface area (Å²) in [7, 11) is 0. The fourth-order valence-corrected chi connectivity index (χ4v) is 1.27. The quantitative estimate of drug-likeness (QED) is 0.594. The molecule has 0 rings (SSSR count). The molecule has 3 heteroatoms. The van der Waals surface area contributed by atoms with Crippen LogP contribution in [0.5, 0.6) is 0 Å². The van der Waals surface area contributed by atoms with E-state index in [2.05, 4.69) is 13.8 Å². The SMILES string of the molecule is CC(C)CCOCCSCCO. The van der Waals surface area contributed by atoms with Crippen molar-refractivity contribution in [2.24, 2.45) is 5.92 Å². The van der Waals surface area contributed by atoms with Crippen LogP contribution in [0.4, 0.5) is 0 Å². The van der Waals surface area contributed by atoms with Gasteiger partial charge in [0.1, 0.15) is 0 Å². The monoisotopic (exact) mass is 192 g/mol. The van der Waals surface area contributed by atoms with E-state index in [1.807, 2.05) is 0 Å². The largest absolute Gasteiger partial charge is 0.396 e. The molecule has 2 nitrogen and oxygen atoms in total. The van der Waals surface area contributed by atoms with Gasteiger partial charge in [-0.05, 0) is 12.3 Å². The Balaban J connectivity index is 2.82. The van der Waals surface area contributed by atoms with Crippen LogP contribution in [-0.2, 0) is 4.74 Å². The molecule has 0 aromatic rings. The molecule has 0 aromatic carbocycles. The summed E-state index contributed by atoms with van der Waals surface area (Å²) in [5.74, 6) is 2.56. The molecule has 0 aliphatic heterocycles. The zero-order valence-electron chi connectivity index (χ0n) is 8.08. The van der Waals surface area contributed by atoms with E-state index >= 15 is 0 Å². The standard InChI is InChI=1S/C9H20O2S/c1-9(2)3-5-11-6-8-12-7-4-10/h9-10H,3-8H2,1-2H3. The Hall–Kier alpha value is 0.270. The highest BCUT2D eigenvalue weighted by Gasteiger charge is 1.93. The summed E-state index contributed by atoms with van der Waals surface area (Å²) in [4.78, 5) is 0. The molecular weight excluding hydrogens is 172 g/mol. The lowest BCUT2D eigenvalue weighted by molar-refractivity contribution is 0.138. The van der Waals surface area contributed by atoms with Gasteiger partial charge in [-0.2, -0.15) is 11.8 Å². The van der Waals surface area contributed by atoms with Crippen LogP contribution in [0, 0.1) is 5.92 Å². The third kappa shape index (κ3) is 10.3. The molecular formula is C9H20O2S. The second-order valence-corrected chi connectivity index (χ2v) is 4.36. The summed E-state index contributed by atoms with van der Waals surface area (Å²) >= 11 is 1.74. The number of rotatable bonds is 8. The van der Waals surface area contributed by atoms with E-state index in [0.29, 0.717) is 0 Å². The normalized spacial score (nSPS) is 11.0. The number of ether oxygens (including phenoxy) is 1. The second kappa shape index (κ2) is 9.36. The van der Waals surface area contributed by atoms with E-state index in [4.69, 9.17) is 9.84 Å². The average Bonchev–Trinajstić information content (AvgIpc) is 2.02. The Morgan fingerprint density at radius 1 is 1.25 bits per heavy atom. The van der Waals surface area contributed by atoms with Gasteiger partial charge < -0.3 is 9.84 Å². The van der Waals surface area contributed by atoms with Crippen molar-refractivity contribution in [3.63, 3.8) is 0 Å². The van der Waals surface area contributed by atoms with Gasteiger partial charge in [-0.1, -0.05) is 13.8 Å². The predicted molar refractivity (Wildman–Crippen MR) is 54.7 cm³/mol. The molecule has 0 saturated heterocycles. The third-order valence-electron chi connectivity index (χ3n) is 1.45. The van der Waals surface area contributed by atoms with Gasteiger partial charge in [0.25, 0.3) is 0 Å². The van der Waals surface area contributed by atoms with Crippen LogP contribution in [0.15, 0.2) is 0 Å². The van der Waals surface area contributed by atoms with Crippen molar-refractivity contribution in [1.82, 2.24) is 0 Å². The lowest BCUT2D eigenvalue weighted by atomic mass is 10.1. The Labute approximate surface area is 79.7 Å². The van der Waals surface area contributed by atoms with Crippen LogP contribution >= 0.6 is 11.8 Å². The zero-order valence-corrected chi connectivity index (χ0v) is 8.90. The number of thioether (sulfide) groups is 1. The van der Waals surface area contributed by atoms with Crippen molar-refractivity contribution in [2.45, 2.75) is 20.3 Å². The summed E-state index contributed by atoms with van der Waals surface area (Å²) < 4.78 is 5.39. The Kier molecular flexibility index (Phi) is 9.57. The average molecular weight is 192 g/mol. The fraction of sp³-hybridized carbons (Fsp3) is 1.00. The number of hydrogen-bond donors (Lipinski definition) is 1. The maximum atomic E-state index is 8.48. The minimum atomic E-state index is 0.274. The van der Waals surface area contributed by atoms with Gasteiger partial charge in [0, 0.05) is 18.1 Å². The fourth-order valence-electron chi connectivity index (χ4n) is 0.706. The maximum Gasteiger partial charge on any atom is 0.0556 e. The number of hydrogen-bond acceptors (Lipinski definition) is 3. The molecule has 0 spiro atoms. The molecule has 0 aliphatic carbocycles. The summed E-state index contributed by atoms with van der Waals surface area (Å²) in [5.41, 5.74) is 0. The van der Waals surface area contributed by atoms with Crippen molar-refractivity contribution >= 4 is 11.8 Å². The maximum absolute atomic E-state index is 8.48. The minimum absolute atomic E-state index is 0.274. The Morgan fingerprint density at radius 3 is 2.58 bits per heavy atom. The van der Waals surface area contributed by atoms with E-state index < -0.39 is 0 Å². The van der Waals surface area contributed by atoms with Crippen LogP contribution in [-0.4, -0.2) is 36.4 Å². The molecule has 0 unspecified atom stereocenters. The topological polar surface area (TPSA) is 29.5 Å². The molecule has 1 N–H and O–H groups in total. The van der Waals surface area contributed by atoms with Crippen molar-refractivity contribution in [2.75, 3.05) is 31.3 Å². The molecule has 0 radical (unpaired) electrons. The van der Waals surface area contributed by atoms with Crippen LogP contribution in [0.25, 0.3) is 0 Å². The summed E-state index contributed by atoms with van der Waals surface area (Å²) in [6.45, 7) is 6.36. The van der Waals surface area contributed by atoms with Crippen LogP contribution < -0.4 is 0 Å². The summed E-state index contributed by atoms with van der Waals surface area (Å²) in [5, 5.41) is 8.48. The van der Waals surface area contributed by atoms with Gasteiger partial charge in [-0.25, -0.2) is 0 Å². The van der Waals surface area contributed by atoms with Crippen molar-refractivity contribution in [3.05, 3.63) is 0 Å². The van der Waals surface area contributed by atoms with Gasteiger partial charge in [-0.15, -0.1) is 0 Å². The Morgan fingerprint density at radius 2 is 2.00 bits per heavy atom. The first-order chi connectivity index (χ1) is 5.77. The van der Waals surface area contributed by atoms with Gasteiger partial charge in [0.05, 0.1) is 13.2 Å². The van der Waals surface area contributed by atoms with E-state index in [9.17, 15) is 0 Å².